The average Bonchev–Trinajstić information content (AvgIpc) is 3.33. The van der Waals surface area contributed by atoms with Crippen LogP contribution in [0.2, 0.25) is 0 Å². The average molecular weight is 407 g/mol. The second kappa shape index (κ2) is 9.34. The minimum Gasteiger partial charge on any atom is -0.493 e. The standard InChI is InChI=1S/C25H27FN2O2/c1-2-3-12-30-23-9-10-25-24(14-23)20(16-27-11-5-8-22(27)18-29)17-28(25)15-19-6-4-7-21(26)13-19/h1,4,6-7,9-10,13-14,17,22,29H,3,5,8,11-12,15-16,18H2/t22-/m0/s1. The molecule has 1 N–H and O–H groups in total. The summed E-state index contributed by atoms with van der Waals surface area (Å²) in [6, 6.07) is 13.0. The van der Waals surface area contributed by atoms with Crippen molar-refractivity contribution in [3.8, 4) is 18.1 Å². The molecule has 0 saturated carbocycles. The van der Waals surface area contributed by atoms with Gasteiger partial charge in [-0.2, -0.15) is 0 Å². The molecule has 0 amide bonds. The van der Waals surface area contributed by atoms with Crippen molar-refractivity contribution in [3.05, 3.63) is 65.6 Å². The molecule has 1 aliphatic rings. The molecule has 4 rings (SSSR count). The fraction of sp³-hybridized carbons (Fsp3) is 0.360. The molecule has 1 fully saturated rings. The zero-order valence-corrected chi connectivity index (χ0v) is 17.1. The second-order valence-corrected chi connectivity index (χ2v) is 7.84. The van der Waals surface area contributed by atoms with Crippen LogP contribution in [0.5, 0.6) is 5.75 Å². The van der Waals surface area contributed by atoms with Crippen molar-refractivity contribution in [2.24, 2.45) is 0 Å². The van der Waals surface area contributed by atoms with Crippen molar-refractivity contribution in [2.45, 2.75) is 38.4 Å². The Morgan fingerprint density at radius 1 is 1.20 bits per heavy atom. The summed E-state index contributed by atoms with van der Waals surface area (Å²) in [5.41, 5.74) is 3.18. The highest BCUT2D eigenvalue weighted by atomic mass is 19.1. The number of terminal acetylenes is 1. The molecule has 4 nitrogen and oxygen atoms in total. The van der Waals surface area contributed by atoms with Gasteiger partial charge in [-0.3, -0.25) is 4.90 Å². The van der Waals surface area contributed by atoms with Crippen LogP contribution in [0.15, 0.2) is 48.7 Å². The minimum absolute atomic E-state index is 0.183. The Balaban J connectivity index is 1.67. The van der Waals surface area contributed by atoms with E-state index in [2.05, 4.69) is 33.7 Å². The van der Waals surface area contributed by atoms with Gasteiger partial charge < -0.3 is 14.4 Å². The van der Waals surface area contributed by atoms with Crippen LogP contribution in [-0.4, -0.2) is 40.4 Å². The van der Waals surface area contributed by atoms with Crippen LogP contribution in [-0.2, 0) is 13.1 Å². The molecule has 2 aromatic carbocycles. The maximum atomic E-state index is 13.7. The first-order chi connectivity index (χ1) is 14.7. The first-order valence-corrected chi connectivity index (χ1v) is 10.5. The number of halogens is 1. The van der Waals surface area contributed by atoms with Crippen molar-refractivity contribution < 1.29 is 14.2 Å². The SMILES string of the molecule is C#CCCOc1ccc2c(c1)c(CN1CCC[C@H]1CO)cn2Cc1cccc(F)c1. The molecule has 0 radical (unpaired) electrons. The number of benzene rings is 2. The monoisotopic (exact) mass is 406 g/mol. The molecule has 156 valence electrons. The summed E-state index contributed by atoms with van der Waals surface area (Å²) >= 11 is 0. The third kappa shape index (κ3) is 4.51. The molecule has 0 spiro atoms. The molecular formula is C25H27FN2O2. The van der Waals surface area contributed by atoms with Crippen molar-refractivity contribution in [2.75, 3.05) is 19.8 Å². The molecular weight excluding hydrogens is 379 g/mol. The molecule has 0 aliphatic carbocycles. The van der Waals surface area contributed by atoms with Gasteiger partial charge >= 0.3 is 0 Å². The second-order valence-electron chi connectivity index (χ2n) is 7.84. The van der Waals surface area contributed by atoms with E-state index in [4.69, 9.17) is 11.2 Å². The minimum atomic E-state index is -0.226. The lowest BCUT2D eigenvalue weighted by atomic mass is 10.1. The van der Waals surface area contributed by atoms with Crippen LogP contribution < -0.4 is 4.74 Å². The van der Waals surface area contributed by atoms with E-state index in [1.54, 1.807) is 12.1 Å². The van der Waals surface area contributed by atoms with E-state index >= 15 is 0 Å². The molecule has 1 saturated heterocycles. The number of ether oxygens (including phenoxy) is 1. The highest BCUT2D eigenvalue weighted by molar-refractivity contribution is 5.85. The molecule has 1 aliphatic heterocycles. The first-order valence-electron chi connectivity index (χ1n) is 10.5. The highest BCUT2D eigenvalue weighted by Crippen LogP contribution is 2.30. The summed E-state index contributed by atoms with van der Waals surface area (Å²) in [6.07, 6.45) is 10.2. The number of likely N-dealkylation sites (tertiary alicyclic amines) is 1. The highest BCUT2D eigenvalue weighted by Gasteiger charge is 2.25. The molecule has 0 bridgehead atoms. The maximum absolute atomic E-state index is 13.7. The van der Waals surface area contributed by atoms with E-state index in [-0.39, 0.29) is 18.5 Å². The van der Waals surface area contributed by atoms with Crippen LogP contribution >= 0.6 is 0 Å². The Morgan fingerprint density at radius 2 is 2.10 bits per heavy atom. The zero-order chi connectivity index (χ0) is 20.9. The van der Waals surface area contributed by atoms with Gasteiger partial charge in [-0.25, -0.2) is 4.39 Å². The lowest BCUT2D eigenvalue weighted by molar-refractivity contribution is 0.154. The summed E-state index contributed by atoms with van der Waals surface area (Å²) in [7, 11) is 0. The Morgan fingerprint density at radius 3 is 2.90 bits per heavy atom. The van der Waals surface area contributed by atoms with Crippen molar-refractivity contribution >= 4 is 10.9 Å². The number of aliphatic hydroxyl groups is 1. The quantitative estimate of drug-likeness (QED) is 0.450. The molecule has 2 heterocycles. The summed E-state index contributed by atoms with van der Waals surface area (Å²) in [5, 5.41) is 10.8. The fourth-order valence-corrected chi connectivity index (χ4v) is 4.29. The van der Waals surface area contributed by atoms with Gasteiger partial charge in [0.05, 0.1) is 13.2 Å². The number of fused-ring (bicyclic) bond motifs is 1. The molecule has 3 aromatic rings. The van der Waals surface area contributed by atoms with Crippen LogP contribution in [0.3, 0.4) is 0 Å². The van der Waals surface area contributed by atoms with Crippen molar-refractivity contribution in [1.82, 2.24) is 9.47 Å². The Labute approximate surface area is 176 Å². The van der Waals surface area contributed by atoms with E-state index in [0.717, 1.165) is 48.1 Å². The molecule has 1 atom stereocenters. The van der Waals surface area contributed by atoms with Crippen LogP contribution in [0, 0.1) is 18.2 Å². The summed E-state index contributed by atoms with van der Waals surface area (Å²) in [4.78, 5) is 2.34. The molecule has 1 aromatic heterocycles. The third-order valence-corrected chi connectivity index (χ3v) is 5.78. The summed E-state index contributed by atoms with van der Waals surface area (Å²) < 4.78 is 21.6. The van der Waals surface area contributed by atoms with Crippen LogP contribution in [0.25, 0.3) is 10.9 Å². The van der Waals surface area contributed by atoms with E-state index in [1.807, 2.05) is 12.1 Å². The smallest absolute Gasteiger partial charge is 0.123 e. The van der Waals surface area contributed by atoms with Gasteiger partial charge in [-0.1, -0.05) is 12.1 Å². The van der Waals surface area contributed by atoms with E-state index in [0.29, 0.717) is 19.6 Å². The number of aliphatic hydroxyl groups excluding tert-OH is 1. The van der Waals surface area contributed by atoms with Crippen LogP contribution in [0.1, 0.15) is 30.4 Å². The van der Waals surface area contributed by atoms with Crippen molar-refractivity contribution in [3.63, 3.8) is 0 Å². The van der Waals surface area contributed by atoms with Gasteiger partial charge in [0.25, 0.3) is 0 Å². The molecule has 0 unspecified atom stereocenters. The lowest BCUT2D eigenvalue weighted by Gasteiger charge is -2.22. The maximum Gasteiger partial charge on any atom is 0.123 e. The van der Waals surface area contributed by atoms with Gasteiger partial charge in [-0.05, 0) is 60.8 Å². The Bertz CT molecular complexity index is 1050. The summed E-state index contributed by atoms with van der Waals surface area (Å²) in [5.74, 6) is 3.16. The Kier molecular flexibility index (Phi) is 6.37. The normalized spacial score (nSPS) is 16.8. The third-order valence-electron chi connectivity index (χ3n) is 5.78. The number of rotatable bonds is 8. The molecule has 30 heavy (non-hydrogen) atoms. The number of hydrogen-bond acceptors (Lipinski definition) is 3. The van der Waals surface area contributed by atoms with E-state index in [1.165, 1.54) is 11.6 Å². The lowest BCUT2D eigenvalue weighted by Crippen LogP contribution is -2.31. The van der Waals surface area contributed by atoms with Crippen molar-refractivity contribution in [1.29, 1.82) is 0 Å². The van der Waals surface area contributed by atoms with Gasteiger partial charge in [-0.15, -0.1) is 12.3 Å². The van der Waals surface area contributed by atoms with Gasteiger partial charge in [0.15, 0.2) is 0 Å². The number of nitrogens with zero attached hydrogens (tertiary/aromatic N) is 2. The topological polar surface area (TPSA) is 37.6 Å². The van der Waals surface area contributed by atoms with Gasteiger partial charge in [0.2, 0.25) is 0 Å². The summed E-state index contributed by atoms with van der Waals surface area (Å²) in [6.45, 7) is 3.02. The predicted molar refractivity (Wildman–Crippen MR) is 117 cm³/mol. The van der Waals surface area contributed by atoms with E-state index < -0.39 is 0 Å². The largest absolute Gasteiger partial charge is 0.493 e. The van der Waals surface area contributed by atoms with Crippen LogP contribution in [0.4, 0.5) is 4.39 Å². The number of aromatic nitrogens is 1. The number of hydrogen-bond donors (Lipinski definition) is 1. The van der Waals surface area contributed by atoms with Gasteiger partial charge in [0.1, 0.15) is 11.6 Å². The van der Waals surface area contributed by atoms with Gasteiger partial charge in [0, 0.05) is 42.7 Å². The first kappa shape index (κ1) is 20.5. The van der Waals surface area contributed by atoms with E-state index in [9.17, 15) is 9.50 Å². The zero-order valence-electron chi connectivity index (χ0n) is 17.1. The fourth-order valence-electron chi connectivity index (χ4n) is 4.29. The molecule has 5 heteroatoms. The predicted octanol–water partition coefficient (Wildman–Crippen LogP) is 4.19. The Hall–Kier alpha value is -2.81.